The van der Waals surface area contributed by atoms with Crippen LogP contribution in [0.3, 0.4) is 0 Å². The molecule has 0 amide bonds. The highest BCUT2D eigenvalue weighted by Crippen LogP contribution is 2.41. The standard InChI is InChI=1S/C46H31N3/c1-3-30(22-21-29(2)34-25-27-48-46-41(34)24-23-31-14-11-26-47-44(31)46)32-12-10-13-33(28-32)43-40-20-9-7-18-38(40)42-37-17-6-4-15-35(37)36-16-5-8-19-39(36)45(42)49-43/h3-28H,2H2,1H3/b22-21-,30-3+. The molecule has 6 aromatic carbocycles. The molecule has 3 heterocycles. The van der Waals surface area contributed by atoms with Crippen molar-refractivity contribution in [2.75, 3.05) is 0 Å². The molecular formula is C46H31N3. The number of fused-ring (bicyclic) bond motifs is 11. The van der Waals surface area contributed by atoms with Crippen LogP contribution >= 0.6 is 0 Å². The van der Waals surface area contributed by atoms with Crippen molar-refractivity contribution in [3.8, 4) is 11.3 Å². The van der Waals surface area contributed by atoms with Gasteiger partial charge in [-0.3, -0.25) is 9.97 Å². The fourth-order valence-electron chi connectivity index (χ4n) is 7.33. The van der Waals surface area contributed by atoms with Crippen LogP contribution in [0.2, 0.25) is 0 Å². The van der Waals surface area contributed by atoms with Gasteiger partial charge in [-0.2, -0.15) is 0 Å². The number of aromatic nitrogens is 3. The summed E-state index contributed by atoms with van der Waals surface area (Å²) in [5, 5.41) is 10.6. The van der Waals surface area contributed by atoms with Crippen LogP contribution in [-0.4, -0.2) is 15.0 Å². The zero-order valence-corrected chi connectivity index (χ0v) is 27.1. The van der Waals surface area contributed by atoms with Gasteiger partial charge in [-0.25, -0.2) is 4.98 Å². The van der Waals surface area contributed by atoms with E-state index in [1.54, 1.807) is 0 Å². The van der Waals surface area contributed by atoms with Crippen LogP contribution in [0, 0.1) is 0 Å². The van der Waals surface area contributed by atoms with E-state index in [-0.39, 0.29) is 0 Å². The van der Waals surface area contributed by atoms with Crippen molar-refractivity contribution in [1.29, 1.82) is 0 Å². The molecule has 0 saturated carbocycles. The number of pyridine rings is 3. The Morgan fingerprint density at radius 2 is 1.24 bits per heavy atom. The Morgan fingerprint density at radius 1 is 0.551 bits per heavy atom. The fraction of sp³-hybridized carbons (Fsp3) is 0.0217. The summed E-state index contributed by atoms with van der Waals surface area (Å²) in [4.78, 5) is 14.8. The number of rotatable bonds is 5. The molecule has 49 heavy (non-hydrogen) atoms. The second-order valence-electron chi connectivity index (χ2n) is 12.4. The van der Waals surface area contributed by atoms with Crippen LogP contribution in [0.5, 0.6) is 0 Å². The van der Waals surface area contributed by atoms with Crippen molar-refractivity contribution in [2.45, 2.75) is 6.92 Å². The van der Waals surface area contributed by atoms with Crippen molar-refractivity contribution >= 4 is 76.2 Å². The van der Waals surface area contributed by atoms with Gasteiger partial charge >= 0.3 is 0 Å². The molecule has 0 aliphatic carbocycles. The molecule has 9 aromatic rings. The van der Waals surface area contributed by atoms with Crippen LogP contribution in [-0.2, 0) is 0 Å². The van der Waals surface area contributed by atoms with E-state index in [1.165, 1.54) is 32.3 Å². The van der Waals surface area contributed by atoms with E-state index in [0.29, 0.717) is 0 Å². The zero-order valence-electron chi connectivity index (χ0n) is 27.1. The Balaban J connectivity index is 1.15. The molecular weight excluding hydrogens is 595 g/mol. The monoisotopic (exact) mass is 625 g/mol. The molecule has 0 fully saturated rings. The predicted molar refractivity (Wildman–Crippen MR) is 209 cm³/mol. The summed E-state index contributed by atoms with van der Waals surface area (Å²) >= 11 is 0. The lowest BCUT2D eigenvalue weighted by Gasteiger charge is -2.15. The molecule has 230 valence electrons. The average Bonchev–Trinajstić information content (AvgIpc) is 3.17. The van der Waals surface area contributed by atoms with E-state index < -0.39 is 0 Å². The molecule has 0 N–H and O–H groups in total. The molecule has 0 saturated heterocycles. The first-order valence-electron chi connectivity index (χ1n) is 16.6. The first-order chi connectivity index (χ1) is 24.2. The Bertz CT molecular complexity index is 2860. The van der Waals surface area contributed by atoms with E-state index in [1.807, 2.05) is 24.5 Å². The summed E-state index contributed by atoms with van der Waals surface area (Å²) in [6.45, 7) is 6.54. The third-order valence-corrected chi connectivity index (χ3v) is 9.65. The number of allylic oxidation sites excluding steroid dienone is 5. The number of hydrogen-bond donors (Lipinski definition) is 0. The van der Waals surface area contributed by atoms with E-state index in [9.17, 15) is 0 Å². The molecule has 0 unspecified atom stereocenters. The van der Waals surface area contributed by atoms with Crippen molar-refractivity contribution in [1.82, 2.24) is 15.0 Å². The number of hydrogen-bond acceptors (Lipinski definition) is 3. The molecule has 0 aliphatic rings. The van der Waals surface area contributed by atoms with E-state index in [0.717, 1.165) is 66.2 Å². The summed E-state index contributed by atoms with van der Waals surface area (Å²) in [5.41, 5.74) is 9.08. The van der Waals surface area contributed by atoms with Gasteiger partial charge in [0.2, 0.25) is 0 Å². The number of nitrogens with zero attached hydrogens (tertiary/aromatic N) is 3. The molecule has 3 heteroatoms. The third kappa shape index (κ3) is 4.70. The minimum Gasteiger partial charge on any atom is -0.254 e. The van der Waals surface area contributed by atoms with Gasteiger partial charge in [-0.15, -0.1) is 0 Å². The topological polar surface area (TPSA) is 38.7 Å². The third-order valence-electron chi connectivity index (χ3n) is 9.65. The first-order valence-corrected chi connectivity index (χ1v) is 16.6. The zero-order chi connectivity index (χ0) is 32.9. The smallest absolute Gasteiger partial charge is 0.0970 e. The van der Waals surface area contributed by atoms with Crippen molar-refractivity contribution in [3.63, 3.8) is 0 Å². The maximum atomic E-state index is 5.48. The van der Waals surface area contributed by atoms with Gasteiger partial charge in [-0.1, -0.05) is 134 Å². The van der Waals surface area contributed by atoms with E-state index in [2.05, 4.69) is 157 Å². The quantitative estimate of drug-likeness (QED) is 0.141. The summed E-state index contributed by atoms with van der Waals surface area (Å²) < 4.78 is 0. The normalized spacial score (nSPS) is 12.3. The van der Waals surface area contributed by atoms with Gasteiger partial charge in [0, 0.05) is 44.9 Å². The maximum absolute atomic E-state index is 5.48. The van der Waals surface area contributed by atoms with Crippen molar-refractivity contribution in [3.05, 3.63) is 176 Å². The molecule has 0 atom stereocenters. The summed E-state index contributed by atoms with van der Waals surface area (Å²) in [7, 11) is 0. The highest BCUT2D eigenvalue weighted by molar-refractivity contribution is 6.31. The van der Waals surface area contributed by atoms with Crippen LogP contribution in [0.25, 0.3) is 87.4 Å². The molecule has 9 rings (SSSR count). The van der Waals surface area contributed by atoms with Gasteiger partial charge in [0.15, 0.2) is 0 Å². The molecule has 0 bridgehead atoms. The van der Waals surface area contributed by atoms with Crippen LogP contribution < -0.4 is 0 Å². The molecule has 0 radical (unpaired) electrons. The van der Waals surface area contributed by atoms with Crippen LogP contribution in [0.15, 0.2) is 165 Å². The Hall–Kier alpha value is -6.45. The van der Waals surface area contributed by atoms with Gasteiger partial charge in [-0.05, 0) is 68.9 Å². The predicted octanol–water partition coefficient (Wildman–Crippen LogP) is 12.1. The lowest BCUT2D eigenvalue weighted by atomic mass is 9.92. The summed E-state index contributed by atoms with van der Waals surface area (Å²) in [6, 6.07) is 45.0. The second-order valence-corrected chi connectivity index (χ2v) is 12.4. The molecule has 0 spiro atoms. The highest BCUT2D eigenvalue weighted by Gasteiger charge is 2.16. The van der Waals surface area contributed by atoms with Gasteiger partial charge in [0.25, 0.3) is 0 Å². The Labute approximate surface area is 284 Å². The molecule has 3 nitrogen and oxygen atoms in total. The van der Waals surface area contributed by atoms with Crippen LogP contribution in [0.1, 0.15) is 18.1 Å². The first kappa shape index (κ1) is 28.7. The highest BCUT2D eigenvalue weighted by atomic mass is 14.7. The molecule has 3 aromatic heterocycles. The lowest BCUT2D eigenvalue weighted by Crippen LogP contribution is -1.93. The summed E-state index contributed by atoms with van der Waals surface area (Å²) in [6.07, 6.45) is 10.1. The Morgan fingerprint density at radius 3 is 2.04 bits per heavy atom. The van der Waals surface area contributed by atoms with Gasteiger partial charge in [0.1, 0.15) is 0 Å². The largest absolute Gasteiger partial charge is 0.254 e. The number of benzene rings is 6. The van der Waals surface area contributed by atoms with E-state index >= 15 is 0 Å². The maximum Gasteiger partial charge on any atom is 0.0970 e. The van der Waals surface area contributed by atoms with Gasteiger partial charge in [0.05, 0.1) is 22.2 Å². The minimum atomic E-state index is 0.889. The van der Waals surface area contributed by atoms with Crippen molar-refractivity contribution in [2.24, 2.45) is 0 Å². The fourth-order valence-corrected chi connectivity index (χ4v) is 7.33. The minimum absolute atomic E-state index is 0.889. The SMILES string of the molecule is C=C(/C=C\C(=C/C)c1cccc(-c2nc3c4ccccc4c4ccccc4c3c3ccccc23)c1)c1ccnc2c1ccc1cccnc12. The Kier molecular flexibility index (Phi) is 6.84. The molecule has 0 aliphatic heterocycles. The van der Waals surface area contributed by atoms with Gasteiger partial charge < -0.3 is 0 Å². The average molecular weight is 626 g/mol. The van der Waals surface area contributed by atoms with Crippen molar-refractivity contribution < 1.29 is 0 Å². The summed E-state index contributed by atoms with van der Waals surface area (Å²) in [5.74, 6) is 0. The lowest BCUT2D eigenvalue weighted by molar-refractivity contribution is 1.37. The van der Waals surface area contributed by atoms with E-state index in [4.69, 9.17) is 4.98 Å². The second kappa shape index (κ2) is 11.7. The van der Waals surface area contributed by atoms with Crippen LogP contribution in [0.4, 0.5) is 0 Å².